The maximum absolute atomic E-state index is 12.6. The Hall–Kier alpha value is -1.11. The number of anilines is 1. The molecule has 0 fully saturated rings. The number of hydrogen-bond donors (Lipinski definition) is 1. The SMILES string of the molecule is CCOCCN(C)S(=O)(=O)c1c(C)cc(C)c(N)c1C. The van der Waals surface area contributed by atoms with Crippen molar-refractivity contribution in [2.45, 2.75) is 32.6 Å². The van der Waals surface area contributed by atoms with Crippen LogP contribution in [0.25, 0.3) is 0 Å². The van der Waals surface area contributed by atoms with Crippen LogP contribution in [0.15, 0.2) is 11.0 Å². The van der Waals surface area contributed by atoms with Crippen LogP contribution in [0.3, 0.4) is 0 Å². The summed E-state index contributed by atoms with van der Waals surface area (Å²) in [5.41, 5.74) is 8.73. The number of likely N-dealkylation sites (N-methyl/N-ethyl adjacent to an activating group) is 1. The van der Waals surface area contributed by atoms with Gasteiger partial charge in [-0.2, -0.15) is 4.31 Å². The fourth-order valence-electron chi connectivity index (χ4n) is 2.19. The Morgan fingerprint density at radius 2 is 1.85 bits per heavy atom. The van der Waals surface area contributed by atoms with Crippen molar-refractivity contribution in [3.05, 3.63) is 22.8 Å². The van der Waals surface area contributed by atoms with Gasteiger partial charge in [0.15, 0.2) is 0 Å². The van der Waals surface area contributed by atoms with Crippen LogP contribution in [-0.2, 0) is 14.8 Å². The first kappa shape index (κ1) is 16.9. The van der Waals surface area contributed by atoms with Gasteiger partial charge in [0.2, 0.25) is 10.0 Å². The van der Waals surface area contributed by atoms with E-state index in [9.17, 15) is 8.42 Å². The zero-order chi connectivity index (χ0) is 15.5. The summed E-state index contributed by atoms with van der Waals surface area (Å²) in [4.78, 5) is 0.305. The Kier molecular flexibility index (Phi) is 5.56. The predicted octanol–water partition coefficient (Wildman–Crippen LogP) is 1.85. The standard InChI is InChI=1S/C14H24N2O3S/c1-6-19-8-7-16(5)20(17,18)14-11(3)9-10(2)13(15)12(14)4/h9H,6-8,15H2,1-5H3. The minimum Gasteiger partial charge on any atom is -0.398 e. The van der Waals surface area contributed by atoms with Crippen molar-refractivity contribution in [1.29, 1.82) is 0 Å². The summed E-state index contributed by atoms with van der Waals surface area (Å²) in [5, 5.41) is 0. The van der Waals surface area contributed by atoms with Crippen LogP contribution in [0.1, 0.15) is 23.6 Å². The first-order valence-corrected chi connectivity index (χ1v) is 8.07. The van der Waals surface area contributed by atoms with Crippen LogP contribution < -0.4 is 5.73 Å². The molecule has 1 aromatic rings. The summed E-state index contributed by atoms with van der Waals surface area (Å²) >= 11 is 0. The Morgan fingerprint density at radius 3 is 2.40 bits per heavy atom. The third-order valence-electron chi connectivity index (χ3n) is 3.38. The first-order valence-electron chi connectivity index (χ1n) is 6.63. The molecule has 0 saturated heterocycles. The summed E-state index contributed by atoms with van der Waals surface area (Å²) in [6.45, 7) is 8.58. The van der Waals surface area contributed by atoms with E-state index in [2.05, 4.69) is 0 Å². The van der Waals surface area contributed by atoms with Gasteiger partial charge in [0, 0.05) is 25.9 Å². The zero-order valence-electron chi connectivity index (χ0n) is 12.9. The average molecular weight is 300 g/mol. The van der Waals surface area contributed by atoms with Crippen LogP contribution >= 0.6 is 0 Å². The molecule has 0 aliphatic rings. The number of benzene rings is 1. The van der Waals surface area contributed by atoms with Crippen LogP contribution in [0, 0.1) is 20.8 Å². The second kappa shape index (κ2) is 6.56. The second-order valence-electron chi connectivity index (χ2n) is 4.90. The summed E-state index contributed by atoms with van der Waals surface area (Å²) in [7, 11) is -1.99. The molecule has 20 heavy (non-hydrogen) atoms. The van der Waals surface area contributed by atoms with Crippen molar-refractivity contribution >= 4 is 15.7 Å². The monoisotopic (exact) mass is 300 g/mol. The lowest BCUT2D eigenvalue weighted by Crippen LogP contribution is -2.31. The third kappa shape index (κ3) is 3.31. The van der Waals surface area contributed by atoms with Gasteiger partial charge < -0.3 is 10.5 Å². The lowest BCUT2D eigenvalue weighted by molar-refractivity contribution is 0.138. The average Bonchev–Trinajstić information content (AvgIpc) is 2.35. The van der Waals surface area contributed by atoms with Crippen LogP contribution in [0.5, 0.6) is 0 Å². The Bertz CT molecular complexity index is 583. The molecule has 0 saturated carbocycles. The van der Waals surface area contributed by atoms with Gasteiger partial charge in [0.25, 0.3) is 0 Å². The smallest absolute Gasteiger partial charge is 0.243 e. The van der Waals surface area contributed by atoms with Crippen molar-refractivity contribution in [2.24, 2.45) is 0 Å². The van der Waals surface area contributed by atoms with Gasteiger partial charge in [-0.3, -0.25) is 0 Å². The summed E-state index contributed by atoms with van der Waals surface area (Å²) in [6, 6.07) is 1.81. The normalized spacial score (nSPS) is 12.1. The fourth-order valence-corrected chi connectivity index (χ4v) is 3.78. The number of sulfonamides is 1. The molecule has 0 radical (unpaired) electrons. The quantitative estimate of drug-likeness (QED) is 0.643. The van der Waals surface area contributed by atoms with Gasteiger partial charge in [-0.15, -0.1) is 0 Å². The lowest BCUT2D eigenvalue weighted by Gasteiger charge is -2.21. The highest BCUT2D eigenvalue weighted by molar-refractivity contribution is 7.89. The Balaban J connectivity index is 3.19. The molecule has 0 aliphatic heterocycles. The highest BCUT2D eigenvalue weighted by Gasteiger charge is 2.26. The molecule has 1 aromatic carbocycles. The Morgan fingerprint density at radius 1 is 1.25 bits per heavy atom. The van der Waals surface area contributed by atoms with Crippen molar-refractivity contribution in [3.8, 4) is 0 Å². The van der Waals surface area contributed by atoms with Gasteiger partial charge in [-0.05, 0) is 44.4 Å². The summed E-state index contributed by atoms with van der Waals surface area (Å²) < 4.78 is 31.8. The molecular weight excluding hydrogens is 276 g/mol. The molecule has 0 bridgehead atoms. The number of hydrogen-bond acceptors (Lipinski definition) is 4. The minimum atomic E-state index is -3.55. The van der Waals surface area contributed by atoms with Gasteiger partial charge in [0.05, 0.1) is 11.5 Å². The fraction of sp³-hybridized carbons (Fsp3) is 0.571. The lowest BCUT2D eigenvalue weighted by atomic mass is 10.1. The first-order chi connectivity index (χ1) is 9.23. The van der Waals surface area contributed by atoms with E-state index in [1.807, 2.05) is 19.9 Å². The molecule has 6 heteroatoms. The predicted molar refractivity (Wildman–Crippen MR) is 81.4 cm³/mol. The molecule has 1 rings (SSSR count). The number of aryl methyl sites for hydroxylation is 2. The number of nitrogens with two attached hydrogens (primary N) is 1. The summed E-state index contributed by atoms with van der Waals surface area (Å²) in [5.74, 6) is 0. The van der Waals surface area contributed by atoms with E-state index in [1.54, 1.807) is 20.9 Å². The molecule has 0 unspecified atom stereocenters. The molecule has 0 amide bonds. The van der Waals surface area contributed by atoms with E-state index in [0.29, 0.717) is 35.9 Å². The van der Waals surface area contributed by atoms with Gasteiger partial charge in [-0.25, -0.2) is 8.42 Å². The summed E-state index contributed by atoms with van der Waals surface area (Å²) in [6.07, 6.45) is 0. The zero-order valence-corrected chi connectivity index (χ0v) is 13.7. The van der Waals surface area contributed by atoms with Gasteiger partial charge >= 0.3 is 0 Å². The van der Waals surface area contributed by atoms with E-state index in [0.717, 1.165) is 11.1 Å². The van der Waals surface area contributed by atoms with E-state index in [1.165, 1.54) is 4.31 Å². The third-order valence-corrected chi connectivity index (χ3v) is 5.53. The molecule has 0 aromatic heterocycles. The van der Waals surface area contributed by atoms with Gasteiger partial charge in [0.1, 0.15) is 0 Å². The molecule has 5 nitrogen and oxygen atoms in total. The van der Waals surface area contributed by atoms with E-state index >= 15 is 0 Å². The molecule has 114 valence electrons. The number of nitrogen functional groups attached to an aromatic ring is 1. The van der Waals surface area contributed by atoms with E-state index < -0.39 is 10.0 Å². The topological polar surface area (TPSA) is 72.6 Å². The van der Waals surface area contributed by atoms with Crippen LogP contribution in [-0.4, -0.2) is 39.5 Å². The maximum atomic E-state index is 12.6. The van der Waals surface area contributed by atoms with Crippen molar-refractivity contribution in [3.63, 3.8) is 0 Å². The molecule has 0 spiro atoms. The molecule has 0 atom stereocenters. The van der Waals surface area contributed by atoms with Gasteiger partial charge in [-0.1, -0.05) is 6.07 Å². The van der Waals surface area contributed by atoms with Crippen LogP contribution in [0.2, 0.25) is 0 Å². The second-order valence-corrected chi connectivity index (χ2v) is 6.88. The minimum absolute atomic E-state index is 0.305. The van der Waals surface area contributed by atoms with Crippen molar-refractivity contribution in [2.75, 3.05) is 32.5 Å². The highest BCUT2D eigenvalue weighted by Crippen LogP contribution is 2.29. The maximum Gasteiger partial charge on any atom is 0.243 e. The largest absolute Gasteiger partial charge is 0.398 e. The highest BCUT2D eigenvalue weighted by atomic mass is 32.2. The number of rotatable bonds is 6. The van der Waals surface area contributed by atoms with E-state index in [-0.39, 0.29) is 0 Å². The number of nitrogens with zero attached hydrogens (tertiary/aromatic N) is 1. The van der Waals surface area contributed by atoms with Crippen molar-refractivity contribution < 1.29 is 13.2 Å². The molecular formula is C14H24N2O3S. The molecule has 0 heterocycles. The van der Waals surface area contributed by atoms with E-state index in [4.69, 9.17) is 10.5 Å². The molecule has 2 N–H and O–H groups in total. The molecule has 0 aliphatic carbocycles. The van der Waals surface area contributed by atoms with Crippen LogP contribution in [0.4, 0.5) is 5.69 Å². The van der Waals surface area contributed by atoms with Crippen molar-refractivity contribution in [1.82, 2.24) is 4.31 Å². The number of ether oxygens (including phenoxy) is 1. The Labute approximate surface area is 121 Å².